The summed E-state index contributed by atoms with van der Waals surface area (Å²) in [6.45, 7) is 18.8. The van der Waals surface area contributed by atoms with E-state index in [1.54, 1.807) is 0 Å². The third-order valence-corrected chi connectivity index (χ3v) is 10.2. The lowest BCUT2D eigenvalue weighted by molar-refractivity contribution is -0.174. The van der Waals surface area contributed by atoms with E-state index in [1.165, 1.54) is 10.6 Å². The summed E-state index contributed by atoms with van der Waals surface area (Å²) in [4.78, 5) is 11.4. The largest absolute Gasteiger partial charge is 0.543 e. The van der Waals surface area contributed by atoms with E-state index in [4.69, 9.17) is 8.95 Å². The molecule has 0 atom stereocenters. The first kappa shape index (κ1) is 21.2. The predicted molar refractivity (Wildman–Crippen MR) is 110 cm³/mol. The quantitative estimate of drug-likeness (QED) is 0.542. The van der Waals surface area contributed by atoms with E-state index in [9.17, 15) is 4.79 Å². The molecule has 0 aliphatic carbocycles. The second-order valence-corrected chi connectivity index (χ2v) is 15.6. The molecule has 26 heavy (non-hydrogen) atoms. The predicted octanol–water partition coefficient (Wildman–Crippen LogP) is 4.07. The minimum Gasteiger partial charge on any atom is -0.543 e. The Bertz CT molecular complexity index is 660. The zero-order chi connectivity index (χ0) is 19.8. The second kappa shape index (κ2) is 7.48. The fourth-order valence-corrected chi connectivity index (χ4v) is 4.15. The van der Waals surface area contributed by atoms with E-state index >= 15 is 0 Å². The van der Waals surface area contributed by atoms with Crippen molar-refractivity contribution in [1.82, 2.24) is 5.06 Å². The number of hydrogen-bond donors (Lipinski definition) is 0. The molecule has 0 spiro atoms. The van der Waals surface area contributed by atoms with E-state index in [-0.39, 0.29) is 26.1 Å². The van der Waals surface area contributed by atoms with Crippen molar-refractivity contribution in [3.63, 3.8) is 0 Å². The van der Waals surface area contributed by atoms with Gasteiger partial charge in [0.05, 0.1) is 6.54 Å². The zero-order valence-corrected chi connectivity index (χ0v) is 19.5. The maximum atomic E-state index is 11.4. The molecular weight excluding hydrogens is 358 g/mol. The van der Waals surface area contributed by atoms with Crippen LogP contribution in [0.1, 0.15) is 53.5 Å². The van der Waals surface area contributed by atoms with Gasteiger partial charge in [0.15, 0.2) is 0 Å². The van der Waals surface area contributed by atoms with E-state index in [0.717, 1.165) is 17.4 Å². The van der Waals surface area contributed by atoms with Crippen LogP contribution in [0.15, 0.2) is 18.2 Å². The summed E-state index contributed by atoms with van der Waals surface area (Å²) in [5.41, 5.74) is 1.44. The first-order valence-corrected chi connectivity index (χ1v) is 13.2. The average molecular weight is 392 g/mol. The maximum Gasteiger partial charge on any atom is 0.311 e. The highest BCUT2D eigenvalue weighted by Crippen LogP contribution is 2.38. The van der Waals surface area contributed by atoms with Gasteiger partial charge in [0, 0.05) is 6.42 Å². The van der Waals surface area contributed by atoms with Crippen LogP contribution in [-0.4, -0.2) is 35.6 Å². The molecule has 0 bridgehead atoms. The fourth-order valence-electron chi connectivity index (χ4n) is 2.36. The van der Waals surface area contributed by atoms with Crippen LogP contribution in [0.5, 0.6) is 5.75 Å². The lowest BCUT2D eigenvalue weighted by atomic mass is 9.88. The number of hydroxylamine groups is 2. The van der Waals surface area contributed by atoms with Crippen LogP contribution in [-0.2, 0) is 15.7 Å². The van der Waals surface area contributed by atoms with Crippen molar-refractivity contribution in [2.45, 2.75) is 72.5 Å². The topological polar surface area (TPSA) is 38.8 Å². The third-order valence-electron chi connectivity index (χ3n) is 5.04. The Morgan fingerprint density at radius 3 is 2.27 bits per heavy atom. The smallest absolute Gasteiger partial charge is 0.311 e. The minimum absolute atomic E-state index is 0.0691. The highest BCUT2D eigenvalue weighted by Gasteiger charge is 2.39. The molecule has 144 valence electrons. The molecule has 1 aromatic carbocycles. The summed E-state index contributed by atoms with van der Waals surface area (Å²) < 4.78 is 12.3. The van der Waals surface area contributed by atoms with Gasteiger partial charge in [-0.25, -0.2) is 5.06 Å². The van der Waals surface area contributed by atoms with Crippen molar-refractivity contribution in [1.29, 1.82) is 0 Å². The monoisotopic (exact) mass is 391 g/mol. The summed E-state index contributed by atoms with van der Waals surface area (Å²) in [6, 6.07) is 6.38. The van der Waals surface area contributed by atoms with E-state index in [0.29, 0.717) is 13.0 Å². The van der Waals surface area contributed by atoms with Gasteiger partial charge in [-0.3, -0.25) is 4.79 Å². The van der Waals surface area contributed by atoms with Gasteiger partial charge in [-0.1, -0.05) is 53.7 Å². The van der Waals surface area contributed by atoms with Gasteiger partial charge in [-0.2, -0.15) is 0 Å². The number of carbonyl (C=O) groups is 1. The van der Waals surface area contributed by atoms with Crippen LogP contribution in [0.4, 0.5) is 0 Å². The highest BCUT2D eigenvalue weighted by molar-refractivity contribution is 6.74. The highest BCUT2D eigenvalue weighted by atomic mass is 28.4. The number of β-lactam (4-membered cyclic amide) rings is 1. The van der Waals surface area contributed by atoms with Gasteiger partial charge in [0.1, 0.15) is 5.75 Å². The van der Waals surface area contributed by atoms with Gasteiger partial charge in [-0.05, 0) is 46.8 Å². The molecule has 1 aliphatic rings. The summed E-state index contributed by atoms with van der Waals surface area (Å²) in [5, 5.41) is 2.66. The Hall–Kier alpha value is -1.12. The zero-order valence-electron chi connectivity index (χ0n) is 17.5. The Labute approximate surface area is 162 Å². The lowest BCUT2D eigenvalue weighted by Gasteiger charge is -2.37. The first-order chi connectivity index (χ1) is 11.8. The average Bonchev–Trinajstić information content (AvgIpc) is 2.45. The minimum atomic E-state index is -1.93. The van der Waals surface area contributed by atoms with E-state index in [1.807, 2.05) is 0 Å². The number of carbonyl (C=O) groups excluding carboxylic acids is 1. The second-order valence-electron chi connectivity index (χ2n) is 9.86. The van der Waals surface area contributed by atoms with Gasteiger partial charge in [0.2, 0.25) is 14.2 Å². The first-order valence-electron chi connectivity index (χ1n) is 9.34. The molecule has 1 saturated heterocycles. The molecule has 0 aromatic heterocycles. The van der Waals surface area contributed by atoms with Crippen molar-refractivity contribution in [2.75, 3.05) is 6.54 Å². The van der Waals surface area contributed by atoms with Crippen molar-refractivity contribution >= 4 is 29.2 Å². The van der Waals surface area contributed by atoms with E-state index < -0.39 is 8.32 Å². The van der Waals surface area contributed by atoms with Gasteiger partial charge in [-0.15, -0.1) is 0 Å². The number of nitrogens with zero attached hydrogens (tertiary/aromatic N) is 1. The van der Waals surface area contributed by atoms with E-state index in [2.05, 4.69) is 72.8 Å². The number of amides is 1. The van der Waals surface area contributed by atoms with Gasteiger partial charge in [0.25, 0.3) is 0 Å². The molecule has 0 saturated carbocycles. The molecule has 1 amide bonds. The standard InChI is InChI=1S/C20H33NO3Si2/c1-19(2,3)14-15-9-10-16(25-24-21-12-11-18(21)22)13-17(15)23-26(7,8)20(4,5)6/h9-10,13H,11-12,14H2,1-8H3. The molecule has 1 heterocycles. The maximum absolute atomic E-state index is 11.4. The van der Waals surface area contributed by atoms with Crippen LogP contribution in [0.2, 0.25) is 18.1 Å². The van der Waals surface area contributed by atoms with Crippen molar-refractivity contribution in [2.24, 2.45) is 5.41 Å². The van der Waals surface area contributed by atoms with Gasteiger partial charge >= 0.3 is 9.76 Å². The molecule has 2 rings (SSSR count). The molecule has 2 radical (unpaired) electrons. The molecule has 1 aromatic rings. The fraction of sp³-hybridized carbons (Fsp3) is 0.650. The van der Waals surface area contributed by atoms with Crippen molar-refractivity contribution in [3.05, 3.63) is 23.8 Å². The van der Waals surface area contributed by atoms with Crippen LogP contribution in [0.25, 0.3) is 0 Å². The van der Waals surface area contributed by atoms with Crippen LogP contribution in [0, 0.1) is 5.41 Å². The number of hydrogen-bond acceptors (Lipinski definition) is 3. The summed E-state index contributed by atoms with van der Waals surface area (Å²) in [7, 11) is -1.81. The molecule has 4 nitrogen and oxygen atoms in total. The Balaban J connectivity index is 2.24. The molecule has 1 aliphatic heterocycles. The molecule has 1 fully saturated rings. The number of rotatable bonds is 6. The normalized spacial score (nSPS) is 15.8. The third kappa shape index (κ3) is 5.44. The molecule has 6 heteroatoms. The molecule has 0 N–H and O–H groups in total. The van der Waals surface area contributed by atoms with Crippen molar-refractivity contribution < 1.29 is 13.7 Å². The Morgan fingerprint density at radius 1 is 1.15 bits per heavy atom. The van der Waals surface area contributed by atoms with Gasteiger partial charge < -0.3 is 8.95 Å². The van der Waals surface area contributed by atoms with Crippen LogP contribution < -0.4 is 9.61 Å². The summed E-state index contributed by atoms with van der Waals surface area (Å²) in [5.74, 6) is 1.05. The van der Waals surface area contributed by atoms with Crippen LogP contribution >= 0.6 is 0 Å². The van der Waals surface area contributed by atoms with Crippen molar-refractivity contribution in [3.8, 4) is 5.75 Å². The molecular formula is C20H33NO3Si2. The lowest BCUT2D eigenvalue weighted by Crippen LogP contribution is -2.46. The number of benzene rings is 1. The summed E-state index contributed by atoms with van der Waals surface area (Å²) >= 11 is 0. The molecule has 0 unspecified atom stereocenters. The SMILES string of the molecule is CC(C)(C)Cc1ccc([Si]ON2CCC2=O)cc1O[Si](C)(C)C(C)(C)C. The van der Waals surface area contributed by atoms with Crippen LogP contribution in [0.3, 0.4) is 0 Å². The summed E-state index contributed by atoms with van der Waals surface area (Å²) in [6.07, 6.45) is 1.56. The Morgan fingerprint density at radius 2 is 1.81 bits per heavy atom. The Kier molecular flexibility index (Phi) is 6.10.